The van der Waals surface area contributed by atoms with Crippen molar-refractivity contribution in [3.05, 3.63) is 77.2 Å². The summed E-state index contributed by atoms with van der Waals surface area (Å²) in [6.07, 6.45) is 0.971. The Morgan fingerprint density at radius 1 is 1.14 bits per heavy atom. The lowest BCUT2D eigenvalue weighted by Gasteiger charge is -2.50. The second kappa shape index (κ2) is 7.66. The highest BCUT2D eigenvalue weighted by Gasteiger charge is 2.45. The Balaban J connectivity index is 1.41. The van der Waals surface area contributed by atoms with E-state index in [1.54, 1.807) is 27.8 Å². The molecule has 0 radical (unpaired) electrons. The van der Waals surface area contributed by atoms with Crippen LogP contribution in [0.15, 0.2) is 54.6 Å². The van der Waals surface area contributed by atoms with E-state index >= 15 is 0 Å². The normalized spacial score (nSPS) is 15.1. The first-order chi connectivity index (χ1) is 14.0. The third-order valence-electron chi connectivity index (χ3n) is 5.82. The molecule has 2 aromatic carbocycles. The Bertz CT molecular complexity index is 1010. The molecule has 0 spiro atoms. The fourth-order valence-electron chi connectivity index (χ4n) is 3.82. The highest BCUT2D eigenvalue weighted by Crippen LogP contribution is 2.37. The Labute approximate surface area is 169 Å². The van der Waals surface area contributed by atoms with E-state index in [0.29, 0.717) is 30.2 Å². The van der Waals surface area contributed by atoms with Gasteiger partial charge >= 0.3 is 6.03 Å². The summed E-state index contributed by atoms with van der Waals surface area (Å²) in [5.74, 6) is 0.116. The van der Waals surface area contributed by atoms with Crippen LogP contribution in [0.1, 0.15) is 30.2 Å². The smallest absolute Gasteiger partial charge is 0.323 e. The van der Waals surface area contributed by atoms with Crippen LogP contribution in [0, 0.1) is 12.7 Å². The maximum absolute atomic E-state index is 13.9. The molecule has 0 bridgehead atoms. The number of halogens is 1. The van der Waals surface area contributed by atoms with Gasteiger partial charge in [0, 0.05) is 24.1 Å². The highest BCUT2D eigenvalue weighted by molar-refractivity contribution is 5.89. The molecule has 29 heavy (non-hydrogen) atoms. The lowest BCUT2D eigenvalue weighted by atomic mass is 9.72. The minimum Gasteiger partial charge on any atom is -0.323 e. The van der Waals surface area contributed by atoms with Crippen LogP contribution in [0.4, 0.5) is 15.0 Å². The zero-order valence-electron chi connectivity index (χ0n) is 16.6. The molecule has 1 saturated heterocycles. The molecule has 1 aliphatic rings. The summed E-state index contributed by atoms with van der Waals surface area (Å²) in [4.78, 5) is 14.5. The minimum absolute atomic E-state index is 0.0100. The van der Waals surface area contributed by atoms with Gasteiger partial charge in [-0.1, -0.05) is 60.7 Å². The van der Waals surface area contributed by atoms with Crippen LogP contribution in [0.25, 0.3) is 0 Å². The van der Waals surface area contributed by atoms with Crippen LogP contribution >= 0.6 is 0 Å². The van der Waals surface area contributed by atoms with Crippen molar-refractivity contribution in [1.82, 2.24) is 19.9 Å². The second-order valence-corrected chi connectivity index (χ2v) is 7.56. The van der Waals surface area contributed by atoms with E-state index in [1.807, 2.05) is 25.1 Å². The number of hydrogen-bond acceptors (Lipinski definition) is 3. The van der Waals surface area contributed by atoms with Crippen LogP contribution in [0.5, 0.6) is 0 Å². The molecule has 0 saturated carbocycles. The Hall–Kier alpha value is -3.22. The summed E-state index contributed by atoms with van der Waals surface area (Å²) in [7, 11) is 0. The summed E-state index contributed by atoms with van der Waals surface area (Å²) >= 11 is 0. The Kier molecular flexibility index (Phi) is 5.05. The van der Waals surface area contributed by atoms with Crippen molar-refractivity contribution >= 4 is 11.8 Å². The number of benzene rings is 2. The molecule has 0 unspecified atom stereocenters. The number of nitrogens with one attached hydrogen (secondary N) is 1. The van der Waals surface area contributed by atoms with E-state index < -0.39 is 0 Å². The van der Waals surface area contributed by atoms with Gasteiger partial charge in [0.25, 0.3) is 0 Å². The molecule has 1 aromatic heterocycles. The van der Waals surface area contributed by atoms with Gasteiger partial charge in [0.1, 0.15) is 5.82 Å². The molecule has 0 atom stereocenters. The van der Waals surface area contributed by atoms with E-state index in [4.69, 9.17) is 0 Å². The van der Waals surface area contributed by atoms with E-state index in [9.17, 15) is 9.18 Å². The summed E-state index contributed by atoms with van der Waals surface area (Å²) in [5.41, 5.74) is 2.48. The van der Waals surface area contributed by atoms with Crippen LogP contribution in [0.2, 0.25) is 0 Å². The average Bonchev–Trinajstić information content (AvgIpc) is 3.04. The lowest BCUT2D eigenvalue weighted by Crippen LogP contribution is -2.61. The van der Waals surface area contributed by atoms with Gasteiger partial charge in [0.05, 0.1) is 12.2 Å². The maximum Gasteiger partial charge on any atom is 0.323 e. The number of rotatable bonds is 5. The molecule has 3 aromatic rings. The summed E-state index contributed by atoms with van der Waals surface area (Å²) in [5, 5.41) is 11.0. The van der Waals surface area contributed by atoms with Crippen molar-refractivity contribution in [2.45, 2.75) is 32.2 Å². The molecular formula is C22H24FN5O. The zero-order valence-corrected chi connectivity index (χ0v) is 16.6. The van der Waals surface area contributed by atoms with Crippen molar-refractivity contribution in [2.75, 3.05) is 18.4 Å². The van der Waals surface area contributed by atoms with Gasteiger partial charge in [0.15, 0.2) is 5.82 Å². The standard InChI is InChI=1S/C22H24FN5O/c1-3-22(18-10-5-4-6-11-18)14-27(15-22)21(29)24-20-16(2)28(26-25-20)13-17-9-7-8-12-19(17)23/h4-12H,3,13-15H2,1-2H3,(H,24,29). The van der Waals surface area contributed by atoms with Crippen molar-refractivity contribution < 1.29 is 9.18 Å². The molecule has 2 amide bonds. The third-order valence-corrected chi connectivity index (χ3v) is 5.82. The molecule has 150 valence electrons. The van der Waals surface area contributed by atoms with Gasteiger partial charge in [-0.2, -0.15) is 0 Å². The van der Waals surface area contributed by atoms with Crippen molar-refractivity contribution in [2.24, 2.45) is 0 Å². The van der Waals surface area contributed by atoms with Gasteiger partial charge in [0.2, 0.25) is 0 Å². The quantitative estimate of drug-likeness (QED) is 0.713. The Morgan fingerprint density at radius 3 is 2.52 bits per heavy atom. The number of likely N-dealkylation sites (tertiary alicyclic amines) is 1. The summed E-state index contributed by atoms with van der Waals surface area (Å²) in [6.45, 7) is 5.56. The number of urea groups is 1. The topological polar surface area (TPSA) is 63.1 Å². The number of nitrogens with zero attached hydrogens (tertiary/aromatic N) is 4. The maximum atomic E-state index is 13.9. The zero-order chi connectivity index (χ0) is 20.4. The van der Waals surface area contributed by atoms with E-state index in [-0.39, 0.29) is 23.8 Å². The van der Waals surface area contributed by atoms with Gasteiger partial charge in [-0.3, -0.25) is 5.32 Å². The van der Waals surface area contributed by atoms with E-state index in [2.05, 4.69) is 34.7 Å². The van der Waals surface area contributed by atoms with E-state index in [0.717, 1.165) is 6.42 Å². The fourth-order valence-corrected chi connectivity index (χ4v) is 3.82. The molecular weight excluding hydrogens is 369 g/mol. The minimum atomic E-state index is -0.287. The second-order valence-electron chi connectivity index (χ2n) is 7.56. The predicted octanol–water partition coefficient (Wildman–Crippen LogP) is 3.97. The third kappa shape index (κ3) is 3.60. The molecule has 7 heteroatoms. The number of amides is 2. The van der Waals surface area contributed by atoms with Crippen LogP contribution < -0.4 is 5.32 Å². The van der Waals surface area contributed by atoms with Crippen molar-refractivity contribution in [1.29, 1.82) is 0 Å². The van der Waals surface area contributed by atoms with Crippen LogP contribution in [-0.2, 0) is 12.0 Å². The van der Waals surface area contributed by atoms with Crippen molar-refractivity contribution in [3.8, 4) is 0 Å². The highest BCUT2D eigenvalue weighted by atomic mass is 19.1. The number of anilines is 1. The van der Waals surface area contributed by atoms with Gasteiger partial charge < -0.3 is 4.90 Å². The summed E-state index contributed by atoms with van der Waals surface area (Å²) in [6, 6.07) is 16.7. The summed E-state index contributed by atoms with van der Waals surface area (Å²) < 4.78 is 15.5. The SMILES string of the molecule is CCC1(c2ccccc2)CN(C(=O)Nc2nnn(Cc3ccccc3F)c2C)C1. The number of hydrogen-bond donors (Lipinski definition) is 1. The largest absolute Gasteiger partial charge is 0.323 e. The average molecular weight is 393 g/mol. The number of carbonyl (C=O) groups is 1. The first-order valence-corrected chi connectivity index (χ1v) is 9.77. The van der Waals surface area contributed by atoms with Crippen molar-refractivity contribution in [3.63, 3.8) is 0 Å². The van der Waals surface area contributed by atoms with Gasteiger partial charge in [-0.15, -0.1) is 5.10 Å². The molecule has 1 fully saturated rings. The number of carbonyl (C=O) groups excluding carboxylic acids is 1. The van der Waals surface area contributed by atoms with Crippen LogP contribution in [-0.4, -0.2) is 39.0 Å². The monoisotopic (exact) mass is 393 g/mol. The number of aromatic nitrogens is 3. The van der Waals surface area contributed by atoms with Gasteiger partial charge in [-0.25, -0.2) is 13.9 Å². The van der Waals surface area contributed by atoms with Crippen LogP contribution in [0.3, 0.4) is 0 Å². The predicted molar refractivity (Wildman–Crippen MR) is 109 cm³/mol. The molecule has 1 N–H and O–H groups in total. The molecule has 4 rings (SSSR count). The lowest BCUT2D eigenvalue weighted by molar-refractivity contribution is 0.0967. The van der Waals surface area contributed by atoms with Gasteiger partial charge in [-0.05, 0) is 25.0 Å². The first kappa shape index (κ1) is 19.1. The fraction of sp³-hybridized carbons (Fsp3) is 0.318. The first-order valence-electron chi connectivity index (χ1n) is 9.77. The van der Waals surface area contributed by atoms with E-state index in [1.165, 1.54) is 11.6 Å². The molecule has 1 aliphatic heterocycles. The molecule has 0 aliphatic carbocycles. The Morgan fingerprint density at radius 2 is 1.83 bits per heavy atom. The molecule has 6 nitrogen and oxygen atoms in total. The molecule has 2 heterocycles.